The molecule has 0 aromatic heterocycles. The molecule has 0 aliphatic carbocycles. The van der Waals surface area contributed by atoms with Crippen LogP contribution in [0.15, 0.2) is 48.5 Å². The number of carbonyl (C=O) groups excluding carboxylic acids is 2. The summed E-state index contributed by atoms with van der Waals surface area (Å²) in [6.07, 6.45) is 0.813. The van der Waals surface area contributed by atoms with Gasteiger partial charge in [0.25, 0.3) is 5.91 Å². The number of carbonyl (C=O) groups is 2. The van der Waals surface area contributed by atoms with Gasteiger partial charge in [0.1, 0.15) is 0 Å². The summed E-state index contributed by atoms with van der Waals surface area (Å²) in [6, 6.07) is 14.3. The fourth-order valence-electron chi connectivity index (χ4n) is 2.84. The van der Waals surface area contributed by atoms with Crippen LogP contribution < -0.4 is 10.6 Å². The number of benzene rings is 2. The summed E-state index contributed by atoms with van der Waals surface area (Å²) in [5.74, 6) is -0.746. The van der Waals surface area contributed by atoms with Crippen molar-refractivity contribution in [2.45, 2.75) is 19.4 Å². The number of ether oxygens (including phenoxy) is 1. The number of hydrogen-bond acceptors (Lipinski definition) is 4. The van der Waals surface area contributed by atoms with Crippen molar-refractivity contribution in [3.05, 3.63) is 59.7 Å². The van der Waals surface area contributed by atoms with Crippen LogP contribution in [0.1, 0.15) is 22.8 Å². The summed E-state index contributed by atoms with van der Waals surface area (Å²) in [6.45, 7) is 1.71. The maximum Gasteiger partial charge on any atom is 0.338 e. The Morgan fingerprint density at radius 2 is 1.87 bits per heavy atom. The molecular formula is C18H18N2O3. The van der Waals surface area contributed by atoms with Crippen LogP contribution in [0.3, 0.4) is 0 Å². The first kappa shape index (κ1) is 15.1. The molecule has 1 aliphatic heterocycles. The molecule has 0 bridgehead atoms. The lowest BCUT2D eigenvalue weighted by Crippen LogP contribution is -2.38. The monoisotopic (exact) mass is 310 g/mol. The minimum absolute atomic E-state index is 0.0649. The highest BCUT2D eigenvalue weighted by Crippen LogP contribution is 2.31. The van der Waals surface area contributed by atoms with Gasteiger partial charge in [-0.05, 0) is 49.2 Å². The van der Waals surface area contributed by atoms with E-state index in [2.05, 4.69) is 0 Å². The van der Waals surface area contributed by atoms with Crippen molar-refractivity contribution in [3.8, 4) is 0 Å². The summed E-state index contributed by atoms with van der Waals surface area (Å²) >= 11 is 0. The van der Waals surface area contributed by atoms with Crippen LogP contribution in [0.5, 0.6) is 0 Å². The smallest absolute Gasteiger partial charge is 0.338 e. The second-order valence-corrected chi connectivity index (χ2v) is 5.64. The predicted octanol–water partition coefficient (Wildman–Crippen LogP) is 2.40. The molecule has 5 heteroatoms. The minimum atomic E-state index is -0.529. The molecule has 2 aromatic carbocycles. The van der Waals surface area contributed by atoms with E-state index >= 15 is 0 Å². The van der Waals surface area contributed by atoms with Crippen molar-refractivity contribution in [3.63, 3.8) is 0 Å². The van der Waals surface area contributed by atoms with Crippen LogP contribution in [-0.4, -0.2) is 24.5 Å². The number of amides is 1. The van der Waals surface area contributed by atoms with Crippen LogP contribution in [0.4, 0.5) is 11.4 Å². The summed E-state index contributed by atoms with van der Waals surface area (Å²) in [5, 5.41) is 0. The maximum atomic E-state index is 12.4. The Kier molecular flexibility index (Phi) is 4.02. The quantitative estimate of drug-likeness (QED) is 0.698. The van der Waals surface area contributed by atoms with Crippen molar-refractivity contribution in [1.29, 1.82) is 0 Å². The summed E-state index contributed by atoms with van der Waals surface area (Å²) in [7, 11) is 0. The molecule has 0 radical (unpaired) electrons. The Morgan fingerprint density at radius 3 is 2.61 bits per heavy atom. The fraction of sp³-hybridized carbons (Fsp3) is 0.222. The third-order valence-corrected chi connectivity index (χ3v) is 3.95. The first-order chi connectivity index (χ1) is 11.1. The van der Waals surface area contributed by atoms with E-state index in [9.17, 15) is 9.59 Å². The van der Waals surface area contributed by atoms with Crippen molar-refractivity contribution in [2.24, 2.45) is 0 Å². The van der Waals surface area contributed by atoms with Gasteiger partial charge >= 0.3 is 5.97 Å². The van der Waals surface area contributed by atoms with Gasteiger partial charge in [0.2, 0.25) is 0 Å². The number of esters is 1. The number of anilines is 2. The van der Waals surface area contributed by atoms with Gasteiger partial charge in [-0.1, -0.05) is 18.2 Å². The molecule has 23 heavy (non-hydrogen) atoms. The molecule has 1 amide bonds. The zero-order chi connectivity index (χ0) is 16.4. The van der Waals surface area contributed by atoms with Gasteiger partial charge in [-0.2, -0.15) is 0 Å². The molecule has 5 nitrogen and oxygen atoms in total. The van der Waals surface area contributed by atoms with E-state index < -0.39 is 5.97 Å². The molecular weight excluding hydrogens is 292 g/mol. The predicted molar refractivity (Wildman–Crippen MR) is 88.2 cm³/mol. The second-order valence-electron chi connectivity index (χ2n) is 5.64. The Balaban J connectivity index is 1.66. The van der Waals surface area contributed by atoms with Gasteiger partial charge in [0, 0.05) is 17.4 Å². The van der Waals surface area contributed by atoms with E-state index in [1.165, 1.54) is 0 Å². The molecule has 0 fully saturated rings. The van der Waals surface area contributed by atoms with Gasteiger partial charge in [-0.15, -0.1) is 0 Å². The third-order valence-electron chi connectivity index (χ3n) is 3.95. The number of nitrogens with two attached hydrogens (primary N) is 1. The van der Waals surface area contributed by atoms with Crippen LogP contribution in [0.2, 0.25) is 0 Å². The first-order valence-electron chi connectivity index (χ1n) is 7.49. The van der Waals surface area contributed by atoms with E-state index in [4.69, 9.17) is 10.5 Å². The lowest BCUT2D eigenvalue weighted by Gasteiger charge is -2.22. The van der Waals surface area contributed by atoms with Crippen molar-refractivity contribution in [1.82, 2.24) is 0 Å². The summed E-state index contributed by atoms with van der Waals surface area (Å²) in [4.78, 5) is 26.1. The Hall–Kier alpha value is -2.82. The Morgan fingerprint density at radius 1 is 1.17 bits per heavy atom. The number of rotatable bonds is 3. The highest BCUT2D eigenvalue weighted by Gasteiger charge is 2.30. The van der Waals surface area contributed by atoms with Crippen LogP contribution in [0, 0.1) is 0 Å². The summed E-state index contributed by atoms with van der Waals surface area (Å²) < 4.78 is 5.13. The molecule has 1 aliphatic rings. The van der Waals surface area contributed by atoms with Gasteiger partial charge in [0.15, 0.2) is 6.61 Å². The standard InChI is InChI=1S/C18H18N2O3/c1-12-10-14-4-2-3-5-16(14)20(12)17(21)11-23-18(22)13-6-8-15(19)9-7-13/h2-9,12H,10-11,19H2,1H3/t12-/m0/s1. The number of hydrogen-bond donors (Lipinski definition) is 1. The molecule has 118 valence electrons. The van der Waals surface area contributed by atoms with E-state index in [1.807, 2.05) is 31.2 Å². The zero-order valence-electron chi connectivity index (χ0n) is 12.9. The molecule has 0 saturated heterocycles. The number of fused-ring (bicyclic) bond motifs is 1. The number of nitrogens with zero attached hydrogens (tertiary/aromatic N) is 1. The van der Waals surface area contributed by atoms with E-state index in [1.54, 1.807) is 29.2 Å². The van der Waals surface area contributed by atoms with Crippen molar-refractivity contribution < 1.29 is 14.3 Å². The molecule has 2 aromatic rings. The SMILES string of the molecule is C[C@H]1Cc2ccccc2N1C(=O)COC(=O)c1ccc(N)cc1. The average molecular weight is 310 g/mol. The van der Waals surface area contributed by atoms with Crippen molar-refractivity contribution >= 4 is 23.3 Å². The third kappa shape index (κ3) is 3.04. The molecule has 2 N–H and O–H groups in total. The minimum Gasteiger partial charge on any atom is -0.452 e. The zero-order valence-corrected chi connectivity index (χ0v) is 12.9. The highest BCUT2D eigenvalue weighted by molar-refractivity contribution is 5.99. The number of nitrogen functional groups attached to an aromatic ring is 1. The average Bonchev–Trinajstić information content (AvgIpc) is 2.88. The Bertz CT molecular complexity index is 740. The molecule has 0 spiro atoms. The molecule has 0 unspecified atom stereocenters. The largest absolute Gasteiger partial charge is 0.452 e. The molecule has 0 saturated carbocycles. The van der Waals surface area contributed by atoms with Crippen LogP contribution in [-0.2, 0) is 16.0 Å². The van der Waals surface area contributed by atoms with E-state index in [0.717, 1.165) is 17.7 Å². The molecule has 1 heterocycles. The van der Waals surface area contributed by atoms with Crippen LogP contribution in [0.25, 0.3) is 0 Å². The van der Waals surface area contributed by atoms with E-state index in [0.29, 0.717) is 11.3 Å². The van der Waals surface area contributed by atoms with Crippen LogP contribution >= 0.6 is 0 Å². The van der Waals surface area contributed by atoms with Gasteiger partial charge in [-0.25, -0.2) is 4.79 Å². The topological polar surface area (TPSA) is 72.6 Å². The lowest BCUT2D eigenvalue weighted by molar-refractivity contribution is -0.122. The van der Waals surface area contributed by atoms with Gasteiger partial charge in [0.05, 0.1) is 5.56 Å². The Labute approximate surface area is 134 Å². The summed E-state index contributed by atoms with van der Waals surface area (Å²) in [5.41, 5.74) is 8.56. The molecule has 3 rings (SSSR count). The van der Waals surface area contributed by atoms with Gasteiger partial charge < -0.3 is 15.4 Å². The van der Waals surface area contributed by atoms with Crippen molar-refractivity contribution in [2.75, 3.05) is 17.2 Å². The molecule has 1 atom stereocenters. The number of para-hydroxylation sites is 1. The second kappa shape index (κ2) is 6.12. The first-order valence-corrected chi connectivity index (χ1v) is 7.49. The fourth-order valence-corrected chi connectivity index (χ4v) is 2.84. The maximum absolute atomic E-state index is 12.4. The van der Waals surface area contributed by atoms with E-state index in [-0.39, 0.29) is 18.6 Å². The highest BCUT2D eigenvalue weighted by atomic mass is 16.5. The van der Waals surface area contributed by atoms with Gasteiger partial charge in [-0.3, -0.25) is 4.79 Å². The normalized spacial score (nSPS) is 16.0. The lowest BCUT2D eigenvalue weighted by atomic mass is 10.1.